The van der Waals surface area contributed by atoms with Crippen LogP contribution in [0, 0.1) is 6.92 Å². The summed E-state index contributed by atoms with van der Waals surface area (Å²) < 4.78 is 1.76. The molecule has 0 aliphatic carbocycles. The third-order valence-electron chi connectivity index (χ3n) is 4.18. The molecule has 1 N–H and O–H groups in total. The van der Waals surface area contributed by atoms with Crippen molar-refractivity contribution in [2.75, 3.05) is 13.1 Å². The number of hydrogen-bond donors (Lipinski definition) is 1. The zero-order valence-corrected chi connectivity index (χ0v) is 12.9. The Kier molecular flexibility index (Phi) is 3.70. The Morgan fingerprint density at radius 1 is 1.45 bits per heavy atom. The van der Waals surface area contributed by atoms with Gasteiger partial charge in [0.25, 0.3) is 0 Å². The minimum absolute atomic E-state index is 0.0665. The molecular formula is C16H20N4O2. The topological polar surface area (TPSA) is 71.2 Å². The standard InChI is InChI=1S/C16H20N4O2/c1-12-13(9-19(2)18-12)5-6-15(21)20-10-16(22,11-20)14-4-3-7-17-8-14/h3-4,7-9,22H,5-6,10-11H2,1-2H3. The van der Waals surface area contributed by atoms with Crippen LogP contribution in [0.5, 0.6) is 0 Å². The third kappa shape index (κ3) is 2.74. The van der Waals surface area contributed by atoms with Crippen molar-refractivity contribution in [1.82, 2.24) is 19.7 Å². The predicted octanol–water partition coefficient (Wildman–Crippen LogP) is 0.786. The molecule has 0 unspecified atom stereocenters. The Morgan fingerprint density at radius 3 is 2.82 bits per heavy atom. The molecule has 3 heterocycles. The van der Waals surface area contributed by atoms with Crippen molar-refractivity contribution in [3.05, 3.63) is 47.5 Å². The highest BCUT2D eigenvalue weighted by Crippen LogP contribution is 2.31. The smallest absolute Gasteiger partial charge is 0.223 e. The molecule has 2 aromatic heterocycles. The van der Waals surface area contributed by atoms with E-state index in [1.54, 1.807) is 28.0 Å². The van der Waals surface area contributed by atoms with Crippen LogP contribution in [0.25, 0.3) is 0 Å². The Morgan fingerprint density at radius 2 is 2.23 bits per heavy atom. The van der Waals surface area contributed by atoms with Gasteiger partial charge in [0.05, 0.1) is 18.8 Å². The molecule has 1 aliphatic rings. The van der Waals surface area contributed by atoms with Crippen molar-refractivity contribution in [1.29, 1.82) is 0 Å². The van der Waals surface area contributed by atoms with Crippen LogP contribution in [0.2, 0.25) is 0 Å². The molecule has 2 aromatic rings. The van der Waals surface area contributed by atoms with Crippen LogP contribution >= 0.6 is 0 Å². The Bertz CT molecular complexity index is 675. The van der Waals surface area contributed by atoms with Gasteiger partial charge in [-0.2, -0.15) is 5.10 Å². The van der Waals surface area contributed by atoms with Crippen molar-refractivity contribution in [2.24, 2.45) is 7.05 Å². The van der Waals surface area contributed by atoms with Crippen molar-refractivity contribution >= 4 is 5.91 Å². The minimum atomic E-state index is -0.950. The zero-order chi connectivity index (χ0) is 15.7. The molecule has 0 radical (unpaired) electrons. The largest absolute Gasteiger partial charge is 0.381 e. The highest BCUT2D eigenvalue weighted by Gasteiger charge is 2.44. The lowest BCUT2D eigenvalue weighted by Crippen LogP contribution is -2.61. The fraction of sp³-hybridized carbons (Fsp3) is 0.438. The van der Waals surface area contributed by atoms with Crippen LogP contribution in [-0.2, 0) is 23.9 Å². The Labute approximate surface area is 129 Å². The third-order valence-corrected chi connectivity index (χ3v) is 4.18. The minimum Gasteiger partial charge on any atom is -0.381 e. The van der Waals surface area contributed by atoms with E-state index in [4.69, 9.17) is 0 Å². The number of pyridine rings is 1. The van der Waals surface area contributed by atoms with Gasteiger partial charge in [-0.1, -0.05) is 6.07 Å². The highest BCUT2D eigenvalue weighted by molar-refractivity contribution is 5.77. The van der Waals surface area contributed by atoms with Gasteiger partial charge in [0.2, 0.25) is 5.91 Å². The summed E-state index contributed by atoms with van der Waals surface area (Å²) in [5.74, 6) is 0.0665. The summed E-state index contributed by atoms with van der Waals surface area (Å²) in [6.07, 6.45) is 6.40. The van der Waals surface area contributed by atoms with Gasteiger partial charge in [0, 0.05) is 37.6 Å². The van der Waals surface area contributed by atoms with Gasteiger partial charge in [0.1, 0.15) is 5.60 Å². The van der Waals surface area contributed by atoms with Crippen molar-refractivity contribution in [2.45, 2.75) is 25.4 Å². The number of likely N-dealkylation sites (tertiary alicyclic amines) is 1. The fourth-order valence-corrected chi connectivity index (χ4v) is 2.88. The van der Waals surface area contributed by atoms with E-state index in [-0.39, 0.29) is 5.91 Å². The summed E-state index contributed by atoms with van der Waals surface area (Å²) in [4.78, 5) is 17.9. The number of hydrogen-bond acceptors (Lipinski definition) is 4. The van der Waals surface area contributed by atoms with Gasteiger partial charge >= 0.3 is 0 Å². The number of aromatic nitrogens is 3. The first kappa shape index (κ1) is 14.7. The van der Waals surface area contributed by atoms with Crippen LogP contribution in [0.4, 0.5) is 0 Å². The molecule has 6 heteroatoms. The monoisotopic (exact) mass is 300 g/mol. The molecule has 3 rings (SSSR count). The van der Waals surface area contributed by atoms with Gasteiger partial charge in [0.15, 0.2) is 0 Å². The van der Waals surface area contributed by atoms with Crippen molar-refractivity contribution in [3.8, 4) is 0 Å². The van der Waals surface area contributed by atoms with Crippen LogP contribution in [0.3, 0.4) is 0 Å². The average molecular weight is 300 g/mol. The fourth-order valence-electron chi connectivity index (χ4n) is 2.88. The normalized spacial score (nSPS) is 16.4. The molecule has 0 atom stereocenters. The molecule has 0 bridgehead atoms. The molecule has 0 spiro atoms. The SMILES string of the molecule is Cc1nn(C)cc1CCC(=O)N1CC(O)(c2cccnc2)C1. The predicted molar refractivity (Wildman–Crippen MR) is 81.0 cm³/mol. The first-order valence-electron chi connectivity index (χ1n) is 7.38. The molecule has 1 amide bonds. The number of carbonyl (C=O) groups is 1. The quantitative estimate of drug-likeness (QED) is 0.906. The summed E-state index contributed by atoms with van der Waals surface area (Å²) >= 11 is 0. The molecular weight excluding hydrogens is 280 g/mol. The van der Waals surface area contributed by atoms with E-state index in [9.17, 15) is 9.90 Å². The van der Waals surface area contributed by atoms with E-state index in [2.05, 4.69) is 10.1 Å². The van der Waals surface area contributed by atoms with Crippen LogP contribution in [-0.4, -0.2) is 43.8 Å². The summed E-state index contributed by atoms with van der Waals surface area (Å²) in [7, 11) is 1.88. The molecule has 6 nitrogen and oxygen atoms in total. The summed E-state index contributed by atoms with van der Waals surface area (Å²) in [5, 5.41) is 14.8. The highest BCUT2D eigenvalue weighted by atomic mass is 16.3. The number of aliphatic hydroxyl groups is 1. The number of β-amino-alcohol motifs (C(OH)–C–C–N with tert-alkyl or cyclic N) is 1. The van der Waals surface area contributed by atoms with Gasteiger partial charge in [-0.05, 0) is 25.0 Å². The van der Waals surface area contributed by atoms with Crippen LogP contribution in [0.1, 0.15) is 23.2 Å². The molecule has 22 heavy (non-hydrogen) atoms. The maximum Gasteiger partial charge on any atom is 0.223 e. The number of aryl methyl sites for hydroxylation is 3. The van der Waals surface area contributed by atoms with E-state index in [1.165, 1.54) is 0 Å². The van der Waals surface area contributed by atoms with Gasteiger partial charge < -0.3 is 10.0 Å². The van der Waals surface area contributed by atoms with Gasteiger partial charge in [-0.15, -0.1) is 0 Å². The molecule has 0 saturated carbocycles. The number of rotatable bonds is 4. The maximum absolute atomic E-state index is 12.2. The van der Waals surface area contributed by atoms with Gasteiger partial charge in [-0.25, -0.2) is 0 Å². The average Bonchev–Trinajstić information content (AvgIpc) is 2.80. The number of amides is 1. The summed E-state index contributed by atoms with van der Waals surface area (Å²) in [6, 6.07) is 3.64. The van der Waals surface area contributed by atoms with E-state index in [0.29, 0.717) is 25.9 Å². The lowest BCUT2D eigenvalue weighted by Gasteiger charge is -2.46. The molecule has 1 saturated heterocycles. The second-order valence-corrected chi connectivity index (χ2v) is 5.94. The Balaban J connectivity index is 1.54. The Hall–Kier alpha value is -2.21. The van der Waals surface area contributed by atoms with E-state index < -0.39 is 5.60 Å². The lowest BCUT2D eigenvalue weighted by molar-refractivity contribution is -0.157. The zero-order valence-electron chi connectivity index (χ0n) is 12.9. The van der Waals surface area contributed by atoms with Crippen LogP contribution in [0.15, 0.2) is 30.7 Å². The van der Waals surface area contributed by atoms with Crippen molar-refractivity contribution in [3.63, 3.8) is 0 Å². The second-order valence-electron chi connectivity index (χ2n) is 5.94. The maximum atomic E-state index is 12.2. The van der Waals surface area contributed by atoms with Crippen LogP contribution < -0.4 is 0 Å². The lowest BCUT2D eigenvalue weighted by atomic mass is 9.87. The molecule has 116 valence electrons. The van der Waals surface area contributed by atoms with Gasteiger partial charge in [-0.3, -0.25) is 14.5 Å². The summed E-state index contributed by atoms with van der Waals surface area (Å²) in [5.41, 5.74) is 1.88. The summed E-state index contributed by atoms with van der Waals surface area (Å²) in [6.45, 7) is 2.62. The van der Waals surface area contributed by atoms with Crippen molar-refractivity contribution < 1.29 is 9.90 Å². The number of nitrogens with zero attached hydrogens (tertiary/aromatic N) is 4. The number of carbonyl (C=O) groups excluding carboxylic acids is 1. The van der Waals surface area contributed by atoms with E-state index in [0.717, 1.165) is 16.8 Å². The molecule has 1 fully saturated rings. The van der Waals surface area contributed by atoms with E-state index in [1.807, 2.05) is 26.2 Å². The first-order chi connectivity index (χ1) is 10.5. The first-order valence-corrected chi connectivity index (χ1v) is 7.38. The molecule has 1 aliphatic heterocycles. The second kappa shape index (κ2) is 5.53. The molecule has 0 aromatic carbocycles. The van der Waals surface area contributed by atoms with E-state index >= 15 is 0 Å².